The Balaban J connectivity index is 2.72. The third-order valence-corrected chi connectivity index (χ3v) is 2.86. The number of hydrogen-bond acceptors (Lipinski definition) is 3. The minimum atomic E-state index is -0.832. The van der Waals surface area contributed by atoms with Gasteiger partial charge in [-0.25, -0.2) is 4.79 Å². The highest BCUT2D eigenvalue weighted by Crippen LogP contribution is 2.16. The van der Waals surface area contributed by atoms with Crippen molar-refractivity contribution in [2.45, 2.75) is 0 Å². The highest BCUT2D eigenvalue weighted by molar-refractivity contribution is 14.1. The van der Waals surface area contributed by atoms with Crippen molar-refractivity contribution >= 4 is 45.9 Å². The fourth-order valence-electron chi connectivity index (χ4n) is 0.613. The van der Waals surface area contributed by atoms with Gasteiger partial charge in [-0.2, -0.15) is 0 Å². The Morgan fingerprint density at radius 1 is 1.58 bits per heavy atom. The largest absolute Gasteiger partial charge is 0.351 e. The number of carbonyl (C=O) groups excluding carboxylic acids is 2. The van der Waals surface area contributed by atoms with Crippen molar-refractivity contribution in [3.8, 4) is 0 Å². The van der Waals surface area contributed by atoms with Crippen molar-refractivity contribution < 1.29 is 9.59 Å². The second-order valence-electron chi connectivity index (χ2n) is 1.96. The van der Waals surface area contributed by atoms with Gasteiger partial charge < -0.3 is 5.73 Å². The Labute approximate surface area is 86.3 Å². The number of nitrogens with one attached hydrogen (secondary N) is 1. The summed E-state index contributed by atoms with van der Waals surface area (Å²) in [7, 11) is 0. The van der Waals surface area contributed by atoms with Crippen LogP contribution in [0, 0.1) is 2.88 Å². The molecular formula is C6H5IN2O2S. The van der Waals surface area contributed by atoms with Gasteiger partial charge >= 0.3 is 6.03 Å². The van der Waals surface area contributed by atoms with Gasteiger partial charge in [-0.3, -0.25) is 10.1 Å². The quantitative estimate of drug-likeness (QED) is 0.763. The van der Waals surface area contributed by atoms with Gasteiger partial charge in [-0.05, 0) is 28.7 Å². The van der Waals surface area contributed by atoms with Crippen LogP contribution in [0.25, 0.3) is 0 Å². The van der Waals surface area contributed by atoms with Crippen molar-refractivity contribution in [1.82, 2.24) is 5.32 Å². The van der Waals surface area contributed by atoms with Crippen molar-refractivity contribution in [2.24, 2.45) is 5.73 Å². The molecule has 0 unspecified atom stereocenters. The molecule has 0 atom stereocenters. The summed E-state index contributed by atoms with van der Waals surface area (Å²) in [6, 6.07) is 0.852. The third-order valence-electron chi connectivity index (χ3n) is 1.07. The summed E-state index contributed by atoms with van der Waals surface area (Å²) >= 11 is 3.52. The van der Waals surface area contributed by atoms with Crippen molar-refractivity contribution in [2.75, 3.05) is 0 Å². The van der Waals surface area contributed by atoms with Gasteiger partial charge in [0.2, 0.25) is 0 Å². The number of nitrogens with two attached hydrogens (primary N) is 1. The van der Waals surface area contributed by atoms with Crippen LogP contribution >= 0.6 is 33.9 Å². The van der Waals surface area contributed by atoms with Gasteiger partial charge in [-0.15, -0.1) is 11.3 Å². The Morgan fingerprint density at radius 2 is 2.25 bits per heavy atom. The summed E-state index contributed by atoms with van der Waals surface area (Å²) < 4.78 is 0.988. The average molecular weight is 296 g/mol. The van der Waals surface area contributed by atoms with E-state index >= 15 is 0 Å². The molecule has 1 heterocycles. The molecule has 0 saturated carbocycles. The monoisotopic (exact) mass is 296 g/mol. The lowest BCUT2D eigenvalue weighted by Crippen LogP contribution is -2.34. The van der Waals surface area contributed by atoms with Gasteiger partial charge in [-0.1, -0.05) is 0 Å². The minimum Gasteiger partial charge on any atom is -0.351 e. The topological polar surface area (TPSA) is 72.2 Å². The number of amides is 3. The molecule has 0 spiro atoms. The second kappa shape index (κ2) is 3.85. The Morgan fingerprint density at radius 3 is 2.67 bits per heavy atom. The van der Waals surface area contributed by atoms with Crippen LogP contribution in [0.15, 0.2) is 11.4 Å². The van der Waals surface area contributed by atoms with Crippen LogP contribution in [-0.4, -0.2) is 11.9 Å². The Kier molecular flexibility index (Phi) is 3.04. The SMILES string of the molecule is NC(=O)NC(=O)c1csc(I)c1. The fourth-order valence-corrected chi connectivity index (χ4v) is 1.94. The molecule has 0 aromatic carbocycles. The van der Waals surface area contributed by atoms with Gasteiger partial charge in [0.15, 0.2) is 0 Å². The molecule has 1 rings (SSSR count). The second-order valence-corrected chi connectivity index (χ2v) is 4.76. The van der Waals surface area contributed by atoms with Gasteiger partial charge in [0.05, 0.1) is 8.45 Å². The van der Waals surface area contributed by atoms with E-state index in [1.165, 1.54) is 11.3 Å². The van der Waals surface area contributed by atoms with Crippen LogP contribution < -0.4 is 11.1 Å². The first-order chi connectivity index (χ1) is 5.59. The molecule has 0 radical (unpaired) electrons. The molecule has 6 heteroatoms. The van der Waals surface area contributed by atoms with E-state index in [0.717, 1.165) is 2.88 Å². The molecule has 0 aliphatic rings. The summed E-state index contributed by atoms with van der Waals surface area (Å²) in [6.07, 6.45) is 0. The number of thiophene rings is 1. The molecule has 64 valence electrons. The fraction of sp³-hybridized carbons (Fsp3) is 0. The average Bonchev–Trinajstić information content (AvgIpc) is 2.34. The molecule has 12 heavy (non-hydrogen) atoms. The van der Waals surface area contributed by atoms with Crippen LogP contribution in [0.1, 0.15) is 10.4 Å². The summed E-state index contributed by atoms with van der Waals surface area (Å²) in [4.78, 5) is 21.3. The van der Waals surface area contributed by atoms with E-state index in [2.05, 4.69) is 22.6 Å². The molecule has 0 saturated heterocycles. The van der Waals surface area contributed by atoms with E-state index in [4.69, 9.17) is 5.73 Å². The number of halogens is 1. The van der Waals surface area contributed by atoms with Crippen LogP contribution in [-0.2, 0) is 0 Å². The first-order valence-electron chi connectivity index (χ1n) is 2.94. The lowest BCUT2D eigenvalue weighted by atomic mass is 10.3. The molecule has 3 N–H and O–H groups in total. The highest BCUT2D eigenvalue weighted by atomic mass is 127. The van der Waals surface area contributed by atoms with E-state index in [1.54, 1.807) is 11.4 Å². The minimum absolute atomic E-state index is 0.457. The van der Waals surface area contributed by atoms with Gasteiger partial charge in [0.1, 0.15) is 0 Å². The summed E-state index contributed by atoms with van der Waals surface area (Å²) in [6.45, 7) is 0. The van der Waals surface area contributed by atoms with Crippen LogP contribution in [0.2, 0.25) is 0 Å². The van der Waals surface area contributed by atoms with E-state index in [1.807, 2.05) is 5.32 Å². The zero-order valence-electron chi connectivity index (χ0n) is 5.83. The number of imide groups is 1. The van der Waals surface area contributed by atoms with E-state index in [9.17, 15) is 9.59 Å². The number of carbonyl (C=O) groups is 2. The molecule has 0 aliphatic heterocycles. The molecule has 1 aromatic rings. The number of primary amides is 1. The van der Waals surface area contributed by atoms with Crippen LogP contribution in [0.3, 0.4) is 0 Å². The van der Waals surface area contributed by atoms with Crippen molar-refractivity contribution in [3.05, 3.63) is 19.9 Å². The van der Waals surface area contributed by atoms with Gasteiger partial charge in [0, 0.05) is 5.38 Å². The predicted octanol–water partition coefficient (Wildman–Crippen LogP) is 1.16. The summed E-state index contributed by atoms with van der Waals surface area (Å²) in [5.74, 6) is -0.457. The van der Waals surface area contributed by atoms with E-state index in [-0.39, 0.29) is 0 Å². The zero-order valence-corrected chi connectivity index (χ0v) is 8.81. The van der Waals surface area contributed by atoms with E-state index < -0.39 is 11.9 Å². The summed E-state index contributed by atoms with van der Waals surface area (Å²) in [5.41, 5.74) is 5.23. The molecule has 4 nitrogen and oxygen atoms in total. The smallest absolute Gasteiger partial charge is 0.319 e. The van der Waals surface area contributed by atoms with Crippen molar-refractivity contribution in [3.63, 3.8) is 0 Å². The standard InChI is InChI=1S/C6H5IN2O2S/c7-4-1-3(2-12-4)5(10)9-6(8)11/h1-2H,(H3,8,9,10,11). The van der Waals surface area contributed by atoms with Gasteiger partial charge in [0.25, 0.3) is 5.91 Å². The molecule has 0 aliphatic carbocycles. The maximum Gasteiger partial charge on any atom is 0.319 e. The Bertz CT molecular complexity index is 323. The van der Waals surface area contributed by atoms with E-state index in [0.29, 0.717) is 5.56 Å². The maximum atomic E-state index is 11.1. The van der Waals surface area contributed by atoms with Crippen molar-refractivity contribution in [1.29, 1.82) is 0 Å². The normalized spacial score (nSPS) is 9.42. The first kappa shape index (κ1) is 9.46. The van der Waals surface area contributed by atoms with Crippen LogP contribution in [0.4, 0.5) is 4.79 Å². The molecule has 0 bridgehead atoms. The first-order valence-corrected chi connectivity index (χ1v) is 4.90. The Hall–Kier alpha value is -0.630. The zero-order chi connectivity index (χ0) is 9.14. The highest BCUT2D eigenvalue weighted by Gasteiger charge is 2.08. The molecule has 1 aromatic heterocycles. The predicted molar refractivity (Wildman–Crippen MR) is 54.1 cm³/mol. The third kappa shape index (κ3) is 2.45. The van der Waals surface area contributed by atoms with Crippen LogP contribution in [0.5, 0.6) is 0 Å². The summed E-state index contributed by atoms with van der Waals surface area (Å²) in [5, 5.41) is 3.64. The molecule has 0 fully saturated rings. The molecule has 3 amide bonds. The number of hydrogen-bond donors (Lipinski definition) is 2. The lowest BCUT2D eigenvalue weighted by molar-refractivity contribution is 0.0966. The maximum absolute atomic E-state index is 11.1. The number of rotatable bonds is 1. The molecular weight excluding hydrogens is 291 g/mol. The lowest BCUT2D eigenvalue weighted by Gasteiger charge is -1.95. The number of urea groups is 1.